The number of carbonyl (C=O) groups is 2. The third-order valence-electron chi connectivity index (χ3n) is 7.25. The van der Waals surface area contributed by atoms with Crippen molar-refractivity contribution in [1.29, 1.82) is 0 Å². The number of nitrogens with one attached hydrogen (secondary N) is 2. The fraction of sp³-hybridized carbons (Fsp3) is 0.462. The van der Waals surface area contributed by atoms with Crippen molar-refractivity contribution in [2.24, 2.45) is 11.8 Å². The number of fused-ring (bicyclic) bond motifs is 1. The highest BCUT2D eigenvalue weighted by Crippen LogP contribution is 2.34. The maximum absolute atomic E-state index is 13.4. The van der Waals surface area contributed by atoms with E-state index >= 15 is 0 Å². The first-order valence-electron chi connectivity index (χ1n) is 12.0. The molecule has 172 valence electrons. The fourth-order valence-electron chi connectivity index (χ4n) is 5.45. The first kappa shape index (κ1) is 21.6. The Morgan fingerprint density at radius 2 is 2.00 bits per heavy atom. The summed E-state index contributed by atoms with van der Waals surface area (Å²) in [5, 5.41) is 11.6. The Hall–Kier alpha value is -3.22. The highest BCUT2D eigenvalue weighted by Gasteiger charge is 2.32. The van der Waals surface area contributed by atoms with Gasteiger partial charge in [-0.3, -0.25) is 19.3 Å². The van der Waals surface area contributed by atoms with Gasteiger partial charge in [0, 0.05) is 35.9 Å². The number of hydrogen-bond donors (Lipinski definition) is 2. The van der Waals surface area contributed by atoms with E-state index in [0.717, 1.165) is 41.3 Å². The molecule has 3 unspecified atom stereocenters. The zero-order valence-electron chi connectivity index (χ0n) is 19.3. The monoisotopic (exact) mass is 445 g/mol. The van der Waals surface area contributed by atoms with Crippen molar-refractivity contribution in [2.45, 2.75) is 58.0 Å². The predicted molar refractivity (Wildman–Crippen MR) is 128 cm³/mol. The lowest BCUT2D eigenvalue weighted by atomic mass is 9.84. The van der Waals surface area contributed by atoms with Crippen molar-refractivity contribution in [2.75, 3.05) is 6.54 Å². The lowest BCUT2D eigenvalue weighted by Gasteiger charge is -2.32. The van der Waals surface area contributed by atoms with Crippen molar-refractivity contribution < 1.29 is 9.59 Å². The molecular formula is C26H31N5O2. The number of carbonyl (C=O) groups excluding carboxylic acids is 2. The molecule has 2 aliphatic rings. The molecular weight excluding hydrogens is 414 g/mol. The maximum atomic E-state index is 13.4. The van der Waals surface area contributed by atoms with E-state index in [1.54, 1.807) is 6.20 Å². The predicted octanol–water partition coefficient (Wildman–Crippen LogP) is 4.10. The van der Waals surface area contributed by atoms with Crippen LogP contribution < -0.4 is 10.6 Å². The number of pyridine rings is 1. The van der Waals surface area contributed by atoms with Crippen LogP contribution in [0.5, 0.6) is 0 Å². The Balaban J connectivity index is 1.48. The third kappa shape index (κ3) is 4.24. The van der Waals surface area contributed by atoms with Crippen LogP contribution in [-0.4, -0.2) is 39.2 Å². The Kier molecular flexibility index (Phi) is 5.87. The summed E-state index contributed by atoms with van der Waals surface area (Å²) in [6.07, 6.45) is 10.9. The molecule has 0 bridgehead atoms. The summed E-state index contributed by atoms with van der Waals surface area (Å²) in [5.74, 6) is -0.149. The minimum Gasteiger partial charge on any atom is -0.353 e. The molecule has 2 N–H and O–H groups in total. The highest BCUT2D eigenvalue weighted by atomic mass is 16.2. The van der Waals surface area contributed by atoms with Gasteiger partial charge in [0.1, 0.15) is 0 Å². The quantitative estimate of drug-likeness (QED) is 0.619. The second-order valence-corrected chi connectivity index (χ2v) is 9.66. The van der Waals surface area contributed by atoms with Crippen LogP contribution in [0, 0.1) is 11.8 Å². The van der Waals surface area contributed by atoms with Gasteiger partial charge in [0.15, 0.2) is 0 Å². The number of nitrogens with zero attached hydrogens (tertiary/aromatic N) is 3. The van der Waals surface area contributed by atoms with Gasteiger partial charge in [0.05, 0.1) is 29.2 Å². The second-order valence-electron chi connectivity index (χ2n) is 9.66. The Labute approximate surface area is 194 Å². The number of hydrogen-bond acceptors (Lipinski definition) is 4. The van der Waals surface area contributed by atoms with Gasteiger partial charge in [-0.15, -0.1) is 0 Å². The summed E-state index contributed by atoms with van der Waals surface area (Å²) in [4.78, 5) is 30.1. The molecule has 3 heterocycles. The number of piperidine rings is 1. The standard InChI is InChI=1S/C26H31N5O2/c1-16-10-17(2)30-26(33)22(16)14-28-25(32)21-11-19(18-6-5-9-27-13-18)12-24-23(21)15-29-31(24)20-7-3-4-8-20/h5-6,9,11-13,15-17,20,22H,3-4,7-8,10,14H2,1-2H3,(H,28,32)(H,30,33). The topological polar surface area (TPSA) is 88.9 Å². The summed E-state index contributed by atoms with van der Waals surface area (Å²) in [7, 11) is 0. The molecule has 1 aromatic carbocycles. The van der Waals surface area contributed by atoms with Crippen molar-refractivity contribution in [3.05, 3.63) is 48.4 Å². The van der Waals surface area contributed by atoms with Gasteiger partial charge in [-0.05, 0) is 55.9 Å². The first-order valence-corrected chi connectivity index (χ1v) is 12.0. The molecule has 2 fully saturated rings. The van der Waals surface area contributed by atoms with E-state index in [4.69, 9.17) is 5.10 Å². The minimum absolute atomic E-state index is 0.0184. The SMILES string of the molecule is CC1CC(C)C(CNC(=O)c2cc(-c3cccnc3)cc3c2cnn3C2CCCC2)C(=O)N1. The number of benzene rings is 1. The minimum atomic E-state index is -0.219. The average Bonchev–Trinajstić information content (AvgIpc) is 3.48. The largest absolute Gasteiger partial charge is 0.353 e. The van der Waals surface area contributed by atoms with E-state index in [2.05, 4.69) is 33.3 Å². The average molecular weight is 446 g/mol. The van der Waals surface area contributed by atoms with E-state index in [1.165, 1.54) is 12.8 Å². The van der Waals surface area contributed by atoms with Crippen molar-refractivity contribution in [1.82, 2.24) is 25.4 Å². The van der Waals surface area contributed by atoms with Crippen molar-refractivity contribution in [3.8, 4) is 11.1 Å². The van der Waals surface area contributed by atoms with Crippen LogP contribution in [0.2, 0.25) is 0 Å². The third-order valence-corrected chi connectivity index (χ3v) is 7.25. The lowest BCUT2D eigenvalue weighted by molar-refractivity contribution is -0.129. The molecule has 0 radical (unpaired) electrons. The fourth-order valence-corrected chi connectivity index (χ4v) is 5.45. The molecule has 1 aliphatic carbocycles. The second kappa shape index (κ2) is 8.96. The Bertz CT molecular complexity index is 1170. The summed E-state index contributed by atoms with van der Waals surface area (Å²) >= 11 is 0. The summed E-state index contributed by atoms with van der Waals surface area (Å²) < 4.78 is 2.09. The van der Waals surface area contributed by atoms with Crippen LogP contribution in [0.3, 0.4) is 0 Å². The van der Waals surface area contributed by atoms with Gasteiger partial charge in [-0.2, -0.15) is 5.10 Å². The molecule has 1 saturated heterocycles. The number of rotatable bonds is 5. The van der Waals surface area contributed by atoms with Gasteiger partial charge in [0.2, 0.25) is 5.91 Å². The van der Waals surface area contributed by atoms with E-state index < -0.39 is 0 Å². The van der Waals surface area contributed by atoms with Gasteiger partial charge in [-0.1, -0.05) is 25.8 Å². The van der Waals surface area contributed by atoms with Crippen molar-refractivity contribution >= 4 is 22.7 Å². The Morgan fingerprint density at radius 1 is 1.18 bits per heavy atom. The van der Waals surface area contributed by atoms with Gasteiger partial charge in [0.25, 0.3) is 5.91 Å². The van der Waals surface area contributed by atoms with E-state index in [0.29, 0.717) is 18.2 Å². The first-order chi connectivity index (χ1) is 16.0. The van der Waals surface area contributed by atoms with Crippen molar-refractivity contribution in [3.63, 3.8) is 0 Å². The zero-order valence-corrected chi connectivity index (χ0v) is 19.3. The molecule has 5 rings (SSSR count). The molecule has 7 nitrogen and oxygen atoms in total. The summed E-state index contributed by atoms with van der Waals surface area (Å²) in [6.45, 7) is 4.43. The molecule has 2 amide bonds. The van der Waals surface area contributed by atoms with Crippen LogP contribution >= 0.6 is 0 Å². The van der Waals surface area contributed by atoms with Gasteiger partial charge in [-0.25, -0.2) is 0 Å². The number of amides is 2. The van der Waals surface area contributed by atoms with Crippen LogP contribution in [0.15, 0.2) is 42.9 Å². The molecule has 7 heteroatoms. The maximum Gasteiger partial charge on any atom is 0.252 e. The molecule has 33 heavy (non-hydrogen) atoms. The van der Waals surface area contributed by atoms with Crippen LogP contribution in [0.25, 0.3) is 22.0 Å². The zero-order chi connectivity index (χ0) is 22.9. The van der Waals surface area contributed by atoms with Crippen LogP contribution in [-0.2, 0) is 4.79 Å². The molecule has 3 atom stereocenters. The smallest absolute Gasteiger partial charge is 0.252 e. The summed E-state index contributed by atoms with van der Waals surface area (Å²) in [6, 6.07) is 8.49. The molecule has 3 aromatic rings. The van der Waals surface area contributed by atoms with Crippen LogP contribution in [0.1, 0.15) is 62.4 Å². The van der Waals surface area contributed by atoms with E-state index in [9.17, 15) is 9.59 Å². The van der Waals surface area contributed by atoms with Gasteiger partial charge >= 0.3 is 0 Å². The lowest BCUT2D eigenvalue weighted by Crippen LogP contribution is -2.50. The normalized spacial score (nSPS) is 23.6. The van der Waals surface area contributed by atoms with Crippen LogP contribution in [0.4, 0.5) is 0 Å². The molecule has 1 saturated carbocycles. The van der Waals surface area contributed by atoms with E-state index in [-0.39, 0.29) is 29.7 Å². The molecule has 1 aliphatic heterocycles. The Morgan fingerprint density at radius 3 is 2.73 bits per heavy atom. The van der Waals surface area contributed by atoms with E-state index in [1.807, 2.05) is 37.5 Å². The highest BCUT2D eigenvalue weighted by molar-refractivity contribution is 6.08. The molecule has 2 aromatic heterocycles. The summed E-state index contributed by atoms with van der Waals surface area (Å²) in [5.41, 5.74) is 3.47. The number of aromatic nitrogens is 3. The van der Waals surface area contributed by atoms with Gasteiger partial charge < -0.3 is 10.6 Å². The molecule has 0 spiro atoms.